The van der Waals surface area contributed by atoms with Crippen molar-refractivity contribution in [2.45, 2.75) is 34.1 Å². The van der Waals surface area contributed by atoms with Crippen LogP contribution in [0.4, 0.5) is 0 Å². The summed E-state index contributed by atoms with van der Waals surface area (Å²) in [6, 6.07) is 0. The van der Waals surface area contributed by atoms with E-state index in [1.165, 1.54) is 6.08 Å². The molecule has 0 radical (unpaired) electrons. The molecule has 4 heteroatoms. The highest BCUT2D eigenvalue weighted by atomic mass is 16.1. The summed E-state index contributed by atoms with van der Waals surface area (Å²) in [5.74, 6) is 0.512. The van der Waals surface area contributed by atoms with E-state index >= 15 is 0 Å². The number of primary amides is 1. The molecular formula is C14H28N2O2. The SMILES string of the molecule is C=CC(=O)C(C)C.C=CC(N)=O.CC(C)CCN. The number of carbonyl (C=O) groups excluding carboxylic acids is 2. The number of hydrogen-bond acceptors (Lipinski definition) is 3. The molecule has 106 valence electrons. The Labute approximate surface area is 111 Å². The maximum atomic E-state index is 10.4. The minimum absolute atomic E-state index is 0.109. The standard InChI is InChI=1S/C6H10O.C5H13N.C3H5NO/c1-4-6(7)5(2)3;1-5(2)3-4-6;1-2-3(4)5/h4-5H,1H2,2-3H3;5H,3-4,6H2,1-2H3;2H,1H2,(H2,4,5). The van der Waals surface area contributed by atoms with E-state index in [0.717, 1.165) is 25.0 Å². The summed E-state index contributed by atoms with van der Waals surface area (Å²) in [7, 11) is 0. The van der Waals surface area contributed by atoms with Gasteiger partial charge < -0.3 is 11.5 Å². The molecule has 0 spiro atoms. The Bertz CT molecular complexity index is 246. The molecule has 0 aliphatic heterocycles. The Hall–Kier alpha value is -1.42. The number of rotatable bonds is 5. The second-order valence-corrected chi connectivity index (χ2v) is 4.34. The highest BCUT2D eigenvalue weighted by molar-refractivity contribution is 5.90. The normalized spacial score (nSPS) is 8.61. The first kappa shape index (κ1) is 21.8. The summed E-state index contributed by atoms with van der Waals surface area (Å²) in [5.41, 5.74) is 9.76. The highest BCUT2D eigenvalue weighted by Crippen LogP contribution is 1.94. The molecule has 0 atom stereocenters. The van der Waals surface area contributed by atoms with E-state index in [1.54, 1.807) is 0 Å². The Morgan fingerprint density at radius 3 is 1.50 bits per heavy atom. The van der Waals surface area contributed by atoms with Crippen LogP contribution >= 0.6 is 0 Å². The van der Waals surface area contributed by atoms with Gasteiger partial charge in [-0.3, -0.25) is 9.59 Å². The highest BCUT2D eigenvalue weighted by Gasteiger charge is 1.98. The number of nitrogens with two attached hydrogens (primary N) is 2. The van der Waals surface area contributed by atoms with E-state index in [0.29, 0.717) is 0 Å². The Morgan fingerprint density at radius 1 is 1.11 bits per heavy atom. The summed E-state index contributed by atoms with van der Waals surface area (Å²) in [4.78, 5) is 19.9. The van der Waals surface area contributed by atoms with Crippen LogP contribution in [-0.2, 0) is 9.59 Å². The Kier molecular flexibility index (Phi) is 18.9. The van der Waals surface area contributed by atoms with Crippen molar-refractivity contribution in [1.29, 1.82) is 0 Å². The van der Waals surface area contributed by atoms with Gasteiger partial charge in [0.25, 0.3) is 0 Å². The van der Waals surface area contributed by atoms with E-state index in [9.17, 15) is 9.59 Å². The lowest BCUT2D eigenvalue weighted by molar-refractivity contribution is -0.117. The van der Waals surface area contributed by atoms with Gasteiger partial charge in [0.2, 0.25) is 5.91 Å². The summed E-state index contributed by atoms with van der Waals surface area (Å²) in [6.07, 6.45) is 3.56. The molecule has 0 bridgehead atoms. The van der Waals surface area contributed by atoms with Gasteiger partial charge >= 0.3 is 0 Å². The number of ketones is 1. The van der Waals surface area contributed by atoms with Gasteiger partial charge in [-0.1, -0.05) is 40.9 Å². The van der Waals surface area contributed by atoms with Crippen LogP contribution in [0.15, 0.2) is 25.3 Å². The molecule has 0 saturated heterocycles. The molecule has 0 rings (SSSR count). The molecule has 0 aromatic heterocycles. The third kappa shape index (κ3) is 29.3. The molecule has 0 aromatic rings. The van der Waals surface area contributed by atoms with Crippen molar-refractivity contribution in [2.24, 2.45) is 23.3 Å². The quantitative estimate of drug-likeness (QED) is 0.738. The van der Waals surface area contributed by atoms with E-state index in [-0.39, 0.29) is 11.7 Å². The zero-order valence-corrected chi connectivity index (χ0v) is 12.1. The van der Waals surface area contributed by atoms with Crippen molar-refractivity contribution in [3.05, 3.63) is 25.3 Å². The van der Waals surface area contributed by atoms with Crippen molar-refractivity contribution < 1.29 is 9.59 Å². The monoisotopic (exact) mass is 256 g/mol. The first-order valence-electron chi connectivity index (χ1n) is 6.01. The minimum Gasteiger partial charge on any atom is -0.366 e. The first-order chi connectivity index (χ1) is 8.22. The second-order valence-electron chi connectivity index (χ2n) is 4.34. The van der Waals surface area contributed by atoms with E-state index in [4.69, 9.17) is 5.73 Å². The molecule has 0 saturated carbocycles. The Balaban J connectivity index is -0.000000190. The largest absolute Gasteiger partial charge is 0.366 e. The molecule has 0 heterocycles. The van der Waals surface area contributed by atoms with Gasteiger partial charge in [-0.15, -0.1) is 0 Å². The fraction of sp³-hybridized carbons (Fsp3) is 0.571. The van der Waals surface area contributed by atoms with E-state index in [2.05, 4.69) is 32.7 Å². The van der Waals surface area contributed by atoms with E-state index in [1.807, 2.05) is 13.8 Å². The van der Waals surface area contributed by atoms with Gasteiger partial charge in [0.15, 0.2) is 5.78 Å². The van der Waals surface area contributed by atoms with Crippen LogP contribution in [0.25, 0.3) is 0 Å². The lowest BCUT2D eigenvalue weighted by atomic mass is 10.1. The number of carbonyl (C=O) groups is 2. The predicted molar refractivity (Wildman–Crippen MR) is 77.9 cm³/mol. The minimum atomic E-state index is -0.481. The molecule has 1 amide bonds. The first-order valence-corrected chi connectivity index (χ1v) is 6.01. The van der Waals surface area contributed by atoms with Crippen molar-refractivity contribution in [1.82, 2.24) is 0 Å². The van der Waals surface area contributed by atoms with Crippen LogP contribution in [-0.4, -0.2) is 18.2 Å². The second kappa shape index (κ2) is 15.6. The van der Waals surface area contributed by atoms with Crippen LogP contribution in [0, 0.1) is 11.8 Å². The zero-order valence-electron chi connectivity index (χ0n) is 12.1. The fourth-order valence-corrected chi connectivity index (χ4v) is 0.569. The molecule has 4 nitrogen and oxygen atoms in total. The number of hydrogen-bond donors (Lipinski definition) is 2. The fourth-order valence-electron chi connectivity index (χ4n) is 0.569. The molecule has 0 aliphatic carbocycles. The third-order valence-corrected chi connectivity index (χ3v) is 1.72. The van der Waals surface area contributed by atoms with Crippen molar-refractivity contribution in [3.63, 3.8) is 0 Å². The average Bonchev–Trinajstić information content (AvgIpc) is 2.29. The number of allylic oxidation sites excluding steroid dienone is 1. The van der Waals surface area contributed by atoms with Crippen LogP contribution in [0.2, 0.25) is 0 Å². The summed E-state index contributed by atoms with van der Waals surface area (Å²) in [5, 5.41) is 0. The molecule has 18 heavy (non-hydrogen) atoms. The van der Waals surface area contributed by atoms with Crippen LogP contribution in [0.1, 0.15) is 34.1 Å². The van der Waals surface area contributed by atoms with Crippen molar-refractivity contribution in [3.8, 4) is 0 Å². The summed E-state index contributed by atoms with van der Waals surface area (Å²) >= 11 is 0. The van der Waals surface area contributed by atoms with E-state index < -0.39 is 5.91 Å². The smallest absolute Gasteiger partial charge is 0.240 e. The maximum absolute atomic E-state index is 10.4. The van der Waals surface area contributed by atoms with Gasteiger partial charge in [0.1, 0.15) is 0 Å². The molecular weight excluding hydrogens is 228 g/mol. The van der Waals surface area contributed by atoms with Crippen LogP contribution in [0.3, 0.4) is 0 Å². The Morgan fingerprint density at radius 2 is 1.50 bits per heavy atom. The third-order valence-electron chi connectivity index (χ3n) is 1.72. The molecule has 0 fully saturated rings. The predicted octanol–water partition coefficient (Wildman–Crippen LogP) is 2.05. The zero-order chi connectivity index (χ0) is 15.1. The van der Waals surface area contributed by atoms with Gasteiger partial charge in [0.05, 0.1) is 0 Å². The molecule has 0 unspecified atom stereocenters. The summed E-state index contributed by atoms with van der Waals surface area (Å²) < 4.78 is 0. The average molecular weight is 256 g/mol. The summed E-state index contributed by atoms with van der Waals surface area (Å²) in [6.45, 7) is 15.3. The topological polar surface area (TPSA) is 86.2 Å². The lowest BCUT2D eigenvalue weighted by Gasteiger charge is -1.96. The number of amides is 1. The van der Waals surface area contributed by atoms with Crippen LogP contribution < -0.4 is 11.5 Å². The molecule has 4 N–H and O–H groups in total. The van der Waals surface area contributed by atoms with Crippen molar-refractivity contribution >= 4 is 11.7 Å². The van der Waals surface area contributed by atoms with Gasteiger partial charge in [-0.2, -0.15) is 0 Å². The van der Waals surface area contributed by atoms with Crippen LogP contribution in [0.5, 0.6) is 0 Å². The maximum Gasteiger partial charge on any atom is 0.240 e. The molecule has 0 aromatic carbocycles. The van der Waals surface area contributed by atoms with Crippen molar-refractivity contribution in [2.75, 3.05) is 6.54 Å². The van der Waals surface area contributed by atoms with Gasteiger partial charge in [-0.25, -0.2) is 0 Å². The van der Waals surface area contributed by atoms with Gasteiger partial charge in [0, 0.05) is 5.92 Å². The lowest BCUT2D eigenvalue weighted by Crippen LogP contribution is -2.04. The molecule has 0 aliphatic rings. The van der Waals surface area contributed by atoms with Gasteiger partial charge in [-0.05, 0) is 31.0 Å².